The van der Waals surface area contributed by atoms with Crippen LogP contribution in [0.1, 0.15) is 247 Å². The van der Waals surface area contributed by atoms with E-state index < -0.39 is 47.8 Å². The van der Waals surface area contributed by atoms with Gasteiger partial charge in [0.2, 0.25) is 0 Å². The Morgan fingerprint density at radius 3 is 0.339 bits per heavy atom. The third-order valence-corrected chi connectivity index (χ3v) is 23.1. The molecule has 0 unspecified atom stereocenters. The number of carbonyl (C=O) groups excluding carboxylic acids is 8. The van der Waals surface area contributed by atoms with Crippen molar-refractivity contribution in [3.05, 3.63) is 215 Å². The molecule has 112 heavy (non-hydrogen) atoms. The first kappa shape index (κ1) is 91.3. The summed E-state index contributed by atoms with van der Waals surface area (Å²) in [5, 5.41) is 0. The number of benzene rings is 8. The first-order valence-electron chi connectivity index (χ1n) is 37.8. The van der Waals surface area contributed by atoms with Crippen LogP contribution in [0.25, 0.3) is 0 Å². The van der Waals surface area contributed by atoms with Crippen LogP contribution in [0.3, 0.4) is 0 Å². The monoisotopic (exact) mass is 2420 g/mol. The van der Waals surface area contributed by atoms with Gasteiger partial charge in [-0.15, -0.1) is 0 Å². The van der Waals surface area contributed by atoms with Crippen LogP contribution in [0.5, 0.6) is 46.0 Å². The molecule has 8 aromatic rings. The highest BCUT2D eigenvalue weighted by Crippen LogP contribution is 2.45. The smallest absolute Gasteiger partial charge is 0.311 e. The topological polar surface area (TPSA) is 210 Å². The van der Waals surface area contributed by atoms with Gasteiger partial charge in [-0.1, -0.05) is 55.4 Å². The van der Waals surface area contributed by atoms with Crippen LogP contribution in [0.2, 0.25) is 0 Å². The Labute approximate surface area is 765 Å². The number of carbonyl (C=O) groups is 8. The third-order valence-electron chi connectivity index (χ3n) is 18.1. The molecule has 0 radical (unpaired) electrons. The van der Waals surface area contributed by atoms with Gasteiger partial charge in [0.25, 0.3) is 0 Å². The van der Waals surface area contributed by atoms with Crippen molar-refractivity contribution in [3.8, 4) is 46.0 Å². The van der Waals surface area contributed by atoms with Gasteiger partial charge in [0.15, 0.2) is 0 Å². The molecule has 0 saturated heterocycles. The summed E-state index contributed by atoms with van der Waals surface area (Å²) in [4.78, 5) is 114. The summed E-state index contributed by atoms with van der Waals surface area (Å²) in [5.41, 5.74) is 9.72. The highest BCUT2D eigenvalue weighted by molar-refractivity contribution is 14.1. The molecule has 0 aliphatic heterocycles. The van der Waals surface area contributed by atoms with E-state index in [4.69, 9.17) is 37.9 Å². The van der Waals surface area contributed by atoms with Crippen molar-refractivity contribution in [2.24, 2.45) is 0 Å². The summed E-state index contributed by atoms with van der Waals surface area (Å²) >= 11 is 18.1. The minimum Gasteiger partial charge on any atom is -0.426 e. The Morgan fingerprint density at radius 1 is 0.188 bits per heavy atom. The molecule has 0 heterocycles. The number of rotatable bonds is 24. The molecule has 0 amide bonds. The van der Waals surface area contributed by atoms with Crippen LogP contribution in [0, 0.1) is 28.6 Å². The molecule has 16 bridgehead atoms. The first-order chi connectivity index (χ1) is 53.6. The van der Waals surface area contributed by atoms with Crippen LogP contribution in [-0.2, 0) is 89.7 Å². The number of fused-ring (bicyclic) bond motifs is 16. The lowest BCUT2D eigenvalue weighted by atomic mass is 9.91. The summed E-state index contributed by atoms with van der Waals surface area (Å²) in [7, 11) is 0. The van der Waals surface area contributed by atoms with E-state index in [0.717, 1.165) is 28.6 Å². The average molecular weight is 2420 g/mol. The number of halogens is 8. The van der Waals surface area contributed by atoms with Gasteiger partial charge in [0.05, 0.1) is 0 Å². The van der Waals surface area contributed by atoms with Crippen molar-refractivity contribution < 1.29 is 76.3 Å². The van der Waals surface area contributed by atoms with Crippen LogP contribution in [-0.4, -0.2) is 47.8 Å². The van der Waals surface area contributed by atoms with Crippen molar-refractivity contribution >= 4 is 228 Å². The lowest BCUT2D eigenvalue weighted by Gasteiger charge is -2.23. The molecule has 0 fully saturated rings. The van der Waals surface area contributed by atoms with Crippen LogP contribution < -0.4 is 37.9 Å². The second kappa shape index (κ2) is 44.2. The van der Waals surface area contributed by atoms with Gasteiger partial charge in [-0.25, -0.2) is 0 Å². The quantitative estimate of drug-likeness (QED) is 0.0313. The fraction of sp³-hybridized carbons (Fsp3) is 0.364. The van der Waals surface area contributed by atoms with Crippen molar-refractivity contribution in [2.75, 3.05) is 0 Å². The highest BCUT2D eigenvalue weighted by Gasteiger charge is 2.31. The first-order valence-corrected chi connectivity index (χ1v) is 46.4. The fourth-order valence-corrected chi connectivity index (χ4v) is 19.5. The maximum atomic E-state index is 14.2. The molecule has 0 aromatic heterocycles. The van der Waals surface area contributed by atoms with Gasteiger partial charge in [-0.05, 0) is 329 Å². The maximum absolute atomic E-state index is 14.2. The van der Waals surface area contributed by atoms with Crippen molar-refractivity contribution in [1.29, 1.82) is 0 Å². The minimum absolute atomic E-state index is 0.101. The van der Waals surface area contributed by atoms with Gasteiger partial charge < -0.3 is 37.9 Å². The van der Waals surface area contributed by atoms with E-state index in [9.17, 15) is 38.4 Å². The van der Waals surface area contributed by atoms with Crippen LogP contribution in [0.15, 0.2) is 97.1 Å². The average Bonchev–Trinajstić information content (AvgIpc) is 0.784. The number of hydrogen-bond acceptors (Lipinski definition) is 16. The molecule has 592 valence electrons. The zero-order valence-electron chi connectivity index (χ0n) is 63.8. The zero-order valence-corrected chi connectivity index (χ0v) is 81.0. The van der Waals surface area contributed by atoms with Crippen molar-refractivity contribution in [3.63, 3.8) is 0 Å². The second-order valence-electron chi connectivity index (χ2n) is 27.6. The van der Waals surface area contributed by atoms with Gasteiger partial charge in [-0.2, -0.15) is 0 Å². The SMILES string of the molecule is CCCC(=O)Oc1c2cc(I)cc1Cc1cc(I)cc(c1OC(=O)CCC)Cc1cc(I)cc(c1OC(=O)CCC)Cc1cc(I)cc(c1OC(=O)CCC)Cc1cc(I)cc(c1OC(=O)CCC)Cc1cc(I)cc(c1OC(=O)CCC)Cc1cc(I)cc(c1OC(=O)CCC)Cc1cc(I)cc(c1OC(=O)CCC)C2. The van der Waals surface area contributed by atoms with E-state index in [2.05, 4.69) is 181 Å². The summed E-state index contributed by atoms with van der Waals surface area (Å²) < 4.78 is 59.1. The second-order valence-corrected chi connectivity index (χ2v) is 37.6. The van der Waals surface area contributed by atoms with Crippen molar-refractivity contribution in [2.45, 2.75) is 209 Å². The molecule has 16 nitrogen and oxygen atoms in total. The summed E-state index contributed by atoms with van der Waals surface area (Å²) in [5.74, 6) is -1.40. The summed E-state index contributed by atoms with van der Waals surface area (Å²) in [6, 6.07) is 31.3. The predicted molar refractivity (Wildman–Crippen MR) is 500 cm³/mol. The normalized spacial score (nSPS) is 12.1. The van der Waals surface area contributed by atoms with E-state index in [-0.39, 0.29) is 149 Å². The van der Waals surface area contributed by atoms with Crippen LogP contribution in [0.4, 0.5) is 0 Å². The Kier molecular flexibility index (Phi) is 36.1. The summed E-state index contributed by atoms with van der Waals surface area (Å²) in [6.07, 6.45) is 5.68. The van der Waals surface area contributed by atoms with Gasteiger partial charge >= 0.3 is 47.8 Å². The molecule has 9 rings (SSSR count). The number of esters is 8. The molecule has 0 N–H and O–H groups in total. The largest absolute Gasteiger partial charge is 0.426 e. The summed E-state index contributed by atoms with van der Waals surface area (Å²) in [6.45, 7) is 15.2. The van der Waals surface area contributed by atoms with E-state index in [1.165, 1.54) is 0 Å². The fourth-order valence-electron chi connectivity index (χ4n) is 13.4. The molecule has 1 aliphatic rings. The molecule has 1 aliphatic carbocycles. The van der Waals surface area contributed by atoms with E-state index in [1.807, 2.05) is 152 Å². The Balaban J connectivity index is 1.41. The lowest BCUT2D eigenvalue weighted by molar-refractivity contribution is -0.135. The number of hydrogen-bond donors (Lipinski definition) is 0. The molecule has 0 spiro atoms. The van der Waals surface area contributed by atoms with E-state index in [0.29, 0.717) is 140 Å². The molecular weight excluding hydrogens is 2330 g/mol. The molecular formula is C88H88I8O16. The maximum Gasteiger partial charge on any atom is 0.311 e. The lowest BCUT2D eigenvalue weighted by Crippen LogP contribution is -2.16. The van der Waals surface area contributed by atoms with Crippen LogP contribution >= 0.6 is 181 Å². The van der Waals surface area contributed by atoms with E-state index >= 15 is 0 Å². The van der Waals surface area contributed by atoms with E-state index in [1.54, 1.807) is 0 Å². The van der Waals surface area contributed by atoms with Gasteiger partial charge in [0, 0.05) is 220 Å². The minimum atomic E-state index is -0.464. The molecule has 8 aromatic carbocycles. The highest BCUT2D eigenvalue weighted by atomic mass is 127. The Morgan fingerprint density at radius 2 is 0.268 bits per heavy atom. The molecule has 0 saturated carbocycles. The predicted octanol–water partition coefficient (Wildman–Crippen LogP) is 23.2. The zero-order chi connectivity index (χ0) is 81.0. The molecule has 0 atom stereocenters. The number of ether oxygens (including phenoxy) is 8. The Hall–Kier alpha value is -4.64. The third kappa shape index (κ3) is 25.7. The van der Waals surface area contributed by atoms with Crippen molar-refractivity contribution in [1.82, 2.24) is 0 Å². The molecule has 24 heteroatoms. The Bertz CT molecular complexity index is 3800. The standard InChI is InChI=1S/C88H88I8O16/c1-9-17-73(97)105-81-49-25-51-35-66(90)37-53(82(51)106-74(98)18-10-2)27-55-39-68(92)41-57(84(55)108-76(100)20-12-4)29-59-43-70(94)45-61(86(59)110-78(102)22-14-6)31-63-47-72(96)48-64(88(63)112-80(104)24-16-8)32-62-46-71(95)44-60(87(62)111-79(103)23-15-7)30-58-42-69(93)40-56(85(58)109-77(101)21-13-5)28-54-38-67(91)36-52(26-50(81)34-65(89)33-49)83(54)107-75(99)19-11-3/h33-48H,9-32H2,1-8H3. The van der Waals surface area contributed by atoms with Gasteiger partial charge in [-0.3, -0.25) is 38.4 Å². The van der Waals surface area contributed by atoms with Gasteiger partial charge in [0.1, 0.15) is 46.0 Å².